The lowest BCUT2D eigenvalue weighted by Crippen LogP contribution is -2.22. The summed E-state index contributed by atoms with van der Waals surface area (Å²) in [5.41, 5.74) is -0.00170. The van der Waals surface area contributed by atoms with E-state index in [4.69, 9.17) is 4.74 Å². The Morgan fingerprint density at radius 3 is 2.74 bits per heavy atom. The van der Waals surface area contributed by atoms with E-state index >= 15 is 0 Å². The molecular weight excluding hydrogens is 270 g/mol. The van der Waals surface area contributed by atoms with Crippen LogP contribution in [0.3, 0.4) is 0 Å². The molecule has 1 rings (SSSR count). The monoisotopic (exact) mass is 285 g/mol. The minimum absolute atomic E-state index is 0.0683. The molecule has 1 aromatic heterocycles. The van der Waals surface area contributed by atoms with Crippen LogP contribution >= 0.6 is 11.8 Å². The van der Waals surface area contributed by atoms with Crippen LogP contribution in [0, 0.1) is 6.92 Å². The van der Waals surface area contributed by atoms with Gasteiger partial charge in [0.1, 0.15) is 10.6 Å². The first-order valence-electron chi connectivity index (χ1n) is 5.61. The number of hydrogen-bond acceptors (Lipinski definition) is 6. The zero-order valence-electron chi connectivity index (χ0n) is 10.9. The first kappa shape index (κ1) is 15.2. The van der Waals surface area contributed by atoms with Gasteiger partial charge in [0.15, 0.2) is 0 Å². The van der Waals surface area contributed by atoms with Crippen LogP contribution in [0.25, 0.3) is 0 Å². The van der Waals surface area contributed by atoms with Crippen LogP contribution in [-0.4, -0.2) is 41.3 Å². The number of amides is 1. The van der Waals surface area contributed by atoms with Crippen molar-refractivity contribution in [3.8, 4) is 0 Å². The summed E-state index contributed by atoms with van der Waals surface area (Å²) in [6.07, 6.45) is 0. The van der Waals surface area contributed by atoms with Crippen molar-refractivity contribution in [2.24, 2.45) is 0 Å². The van der Waals surface area contributed by atoms with E-state index in [2.05, 4.69) is 15.3 Å². The summed E-state index contributed by atoms with van der Waals surface area (Å²) in [6, 6.07) is 0. The fraction of sp³-hybridized carbons (Fsp3) is 0.455. The highest BCUT2D eigenvalue weighted by molar-refractivity contribution is 8.00. The molecule has 104 valence electrons. The topological polar surface area (TPSA) is 101 Å². The molecule has 0 fully saturated rings. The van der Waals surface area contributed by atoms with E-state index in [0.717, 1.165) is 11.8 Å². The van der Waals surface area contributed by atoms with Crippen LogP contribution in [-0.2, 0) is 9.53 Å². The predicted molar refractivity (Wildman–Crippen MR) is 70.3 cm³/mol. The molecule has 2 N–H and O–H groups in total. The molecule has 0 saturated carbocycles. The van der Waals surface area contributed by atoms with E-state index in [9.17, 15) is 14.4 Å². The molecule has 0 aromatic carbocycles. The molecule has 0 radical (unpaired) electrons. The van der Waals surface area contributed by atoms with Gasteiger partial charge in [-0.15, -0.1) is 0 Å². The molecule has 1 amide bonds. The van der Waals surface area contributed by atoms with Gasteiger partial charge in [0.25, 0.3) is 0 Å². The molecule has 0 atom stereocenters. The molecule has 19 heavy (non-hydrogen) atoms. The number of esters is 1. The predicted octanol–water partition coefficient (Wildman–Crippen LogP) is 0.0931. The summed E-state index contributed by atoms with van der Waals surface area (Å²) < 4.78 is 4.91. The van der Waals surface area contributed by atoms with Crippen molar-refractivity contribution in [3.05, 3.63) is 21.7 Å². The summed E-state index contributed by atoms with van der Waals surface area (Å²) in [4.78, 5) is 40.5. The van der Waals surface area contributed by atoms with E-state index in [1.807, 2.05) is 0 Å². The lowest BCUT2D eigenvalue weighted by molar-refractivity contribution is -0.118. The largest absolute Gasteiger partial charge is 0.462 e. The van der Waals surface area contributed by atoms with Gasteiger partial charge in [0.05, 0.1) is 12.4 Å². The van der Waals surface area contributed by atoms with Crippen molar-refractivity contribution in [1.82, 2.24) is 15.3 Å². The van der Waals surface area contributed by atoms with Crippen LogP contribution in [0.1, 0.15) is 23.0 Å². The maximum absolute atomic E-state index is 11.8. The molecule has 0 saturated heterocycles. The third kappa shape index (κ3) is 4.09. The number of H-pyrrole nitrogens is 1. The maximum atomic E-state index is 11.8. The van der Waals surface area contributed by atoms with Crippen LogP contribution < -0.4 is 11.0 Å². The summed E-state index contributed by atoms with van der Waals surface area (Å²) >= 11 is 1.02. The number of aromatic amines is 1. The van der Waals surface area contributed by atoms with Crippen LogP contribution in [0.4, 0.5) is 0 Å². The molecule has 0 spiro atoms. The van der Waals surface area contributed by atoms with E-state index in [-0.39, 0.29) is 28.9 Å². The Balaban J connectivity index is 3.09. The first-order valence-corrected chi connectivity index (χ1v) is 6.59. The summed E-state index contributed by atoms with van der Waals surface area (Å²) in [6.45, 7) is 3.49. The molecular formula is C11H15N3O4S. The number of nitrogens with one attached hydrogen (secondary N) is 2. The highest BCUT2D eigenvalue weighted by Crippen LogP contribution is 2.21. The fourth-order valence-electron chi connectivity index (χ4n) is 1.31. The normalized spacial score (nSPS) is 10.1. The quantitative estimate of drug-likeness (QED) is 0.452. The smallest absolute Gasteiger partial charge is 0.346 e. The van der Waals surface area contributed by atoms with Crippen molar-refractivity contribution in [2.75, 3.05) is 19.4 Å². The van der Waals surface area contributed by atoms with Crippen molar-refractivity contribution in [1.29, 1.82) is 0 Å². The summed E-state index contributed by atoms with van der Waals surface area (Å²) in [7, 11) is 1.51. The Morgan fingerprint density at radius 1 is 1.47 bits per heavy atom. The van der Waals surface area contributed by atoms with Crippen LogP contribution in [0.5, 0.6) is 0 Å². The Morgan fingerprint density at radius 2 is 2.16 bits per heavy atom. The third-order valence-electron chi connectivity index (χ3n) is 2.18. The van der Waals surface area contributed by atoms with Gasteiger partial charge in [-0.25, -0.2) is 9.59 Å². The van der Waals surface area contributed by atoms with Crippen molar-refractivity contribution >= 4 is 23.6 Å². The van der Waals surface area contributed by atoms with Crippen molar-refractivity contribution in [2.45, 2.75) is 18.9 Å². The van der Waals surface area contributed by atoms with Gasteiger partial charge in [0, 0.05) is 12.7 Å². The van der Waals surface area contributed by atoms with Crippen molar-refractivity contribution in [3.63, 3.8) is 0 Å². The van der Waals surface area contributed by atoms with Gasteiger partial charge in [-0.2, -0.15) is 4.98 Å². The van der Waals surface area contributed by atoms with Gasteiger partial charge in [-0.3, -0.25) is 4.79 Å². The van der Waals surface area contributed by atoms with E-state index in [0.29, 0.717) is 5.69 Å². The average molecular weight is 285 g/mol. The second-order valence-electron chi connectivity index (χ2n) is 3.53. The minimum atomic E-state index is -0.567. The summed E-state index contributed by atoms with van der Waals surface area (Å²) in [5.74, 6) is -0.721. The zero-order chi connectivity index (χ0) is 14.4. The second-order valence-corrected chi connectivity index (χ2v) is 4.49. The number of hydrogen-bond donors (Lipinski definition) is 2. The number of carbonyl (C=O) groups excluding carboxylic acids is 2. The van der Waals surface area contributed by atoms with Gasteiger partial charge in [0.2, 0.25) is 5.91 Å². The van der Waals surface area contributed by atoms with Crippen LogP contribution in [0.15, 0.2) is 9.82 Å². The Bertz CT molecular complexity index is 541. The molecule has 7 nitrogen and oxygen atoms in total. The fourth-order valence-corrected chi connectivity index (χ4v) is 2.25. The molecule has 1 aromatic rings. The van der Waals surface area contributed by atoms with E-state index < -0.39 is 11.7 Å². The lowest BCUT2D eigenvalue weighted by Gasteiger charge is -2.09. The standard InChI is InChI=1S/C11H15N3O4S/c1-4-18-10(16)8-6(2)13-11(17)14-9(8)19-5-7(15)12-3/h4-5H2,1-3H3,(H,12,15)(H,13,14,17). The first-order chi connectivity index (χ1) is 8.99. The van der Waals surface area contributed by atoms with Crippen molar-refractivity contribution < 1.29 is 14.3 Å². The summed E-state index contributed by atoms with van der Waals surface area (Å²) in [5, 5.41) is 2.65. The maximum Gasteiger partial charge on any atom is 0.346 e. The molecule has 1 heterocycles. The zero-order valence-corrected chi connectivity index (χ0v) is 11.7. The molecule has 0 aliphatic rings. The van der Waals surface area contributed by atoms with Gasteiger partial charge in [-0.05, 0) is 13.8 Å². The molecule has 0 bridgehead atoms. The average Bonchev–Trinajstić information content (AvgIpc) is 2.35. The number of rotatable bonds is 5. The van der Waals surface area contributed by atoms with Gasteiger partial charge >= 0.3 is 11.7 Å². The Labute approximate surface area is 114 Å². The third-order valence-corrected chi connectivity index (χ3v) is 3.16. The van der Waals surface area contributed by atoms with E-state index in [1.165, 1.54) is 7.05 Å². The minimum Gasteiger partial charge on any atom is -0.462 e. The number of thioether (sulfide) groups is 1. The number of aromatic nitrogens is 2. The number of carbonyl (C=O) groups is 2. The highest BCUT2D eigenvalue weighted by atomic mass is 32.2. The van der Waals surface area contributed by atoms with Gasteiger partial charge < -0.3 is 15.0 Å². The number of nitrogens with zero attached hydrogens (tertiary/aromatic N) is 1. The molecule has 0 unspecified atom stereocenters. The molecule has 8 heteroatoms. The molecule has 0 aliphatic carbocycles. The van der Waals surface area contributed by atoms with Crippen LogP contribution in [0.2, 0.25) is 0 Å². The highest BCUT2D eigenvalue weighted by Gasteiger charge is 2.19. The Kier molecular flexibility index (Phi) is 5.56. The Hall–Kier alpha value is -1.83. The second kappa shape index (κ2) is 6.93. The van der Waals surface area contributed by atoms with E-state index in [1.54, 1.807) is 13.8 Å². The number of ether oxygens (including phenoxy) is 1. The SMILES string of the molecule is CCOC(=O)c1c(SCC(=O)NC)nc(=O)[nH]c1C. The number of aryl methyl sites for hydroxylation is 1. The molecule has 0 aliphatic heterocycles. The lowest BCUT2D eigenvalue weighted by atomic mass is 10.2. The van der Waals surface area contributed by atoms with Gasteiger partial charge in [-0.1, -0.05) is 11.8 Å².